The van der Waals surface area contributed by atoms with Crippen LogP contribution >= 0.6 is 11.6 Å². The molecular weight excluding hydrogens is 404 g/mol. The summed E-state index contributed by atoms with van der Waals surface area (Å²) < 4.78 is 30.4. The smallest absolute Gasteiger partial charge is 0.338 e. The number of hydrogen-bond donors (Lipinski definition) is 1. The number of rotatable bonds is 6. The van der Waals surface area contributed by atoms with E-state index >= 15 is 0 Å². The van der Waals surface area contributed by atoms with Gasteiger partial charge in [0, 0.05) is 10.7 Å². The number of nitrogens with one attached hydrogen (secondary N) is 1. The van der Waals surface area contributed by atoms with Crippen molar-refractivity contribution < 1.29 is 22.7 Å². The maximum absolute atomic E-state index is 12.8. The Bertz CT molecular complexity index is 990. The first kappa shape index (κ1) is 21.7. The van der Waals surface area contributed by atoms with Gasteiger partial charge in [-0.25, -0.2) is 13.2 Å². The molecule has 1 atom stereocenters. The van der Waals surface area contributed by atoms with Crippen molar-refractivity contribution in [3.05, 3.63) is 58.6 Å². The van der Waals surface area contributed by atoms with E-state index in [2.05, 4.69) is 5.32 Å². The molecule has 0 aromatic heterocycles. The highest BCUT2D eigenvalue weighted by molar-refractivity contribution is 7.92. The third-order valence-electron chi connectivity index (χ3n) is 4.17. The van der Waals surface area contributed by atoms with Gasteiger partial charge < -0.3 is 10.1 Å². The Hall–Kier alpha value is -2.58. The maximum Gasteiger partial charge on any atom is 0.338 e. The molecule has 0 unspecified atom stereocenters. The molecule has 0 spiro atoms. The number of sulfonamides is 1. The number of nitrogens with zero attached hydrogens (tertiary/aromatic N) is 1. The number of carbonyl (C=O) groups excluding carboxylic acids is 2. The summed E-state index contributed by atoms with van der Waals surface area (Å²) in [5.41, 5.74) is 1.54. The van der Waals surface area contributed by atoms with Crippen LogP contribution in [-0.2, 0) is 19.6 Å². The summed E-state index contributed by atoms with van der Waals surface area (Å²) in [5, 5.41) is 3.13. The minimum atomic E-state index is -3.75. The van der Waals surface area contributed by atoms with E-state index in [0.717, 1.165) is 10.6 Å². The van der Waals surface area contributed by atoms with Crippen molar-refractivity contribution in [3.8, 4) is 0 Å². The molecule has 0 saturated carbocycles. The molecule has 0 heterocycles. The van der Waals surface area contributed by atoms with E-state index < -0.39 is 27.9 Å². The zero-order valence-corrected chi connectivity index (χ0v) is 17.5. The Kier molecular flexibility index (Phi) is 6.69. The van der Waals surface area contributed by atoms with Gasteiger partial charge in [0.2, 0.25) is 15.9 Å². The highest BCUT2D eigenvalue weighted by Gasteiger charge is 2.29. The molecule has 0 aliphatic rings. The molecule has 7 nitrogen and oxygen atoms in total. The number of esters is 1. The molecule has 28 heavy (non-hydrogen) atoms. The van der Waals surface area contributed by atoms with Crippen molar-refractivity contribution in [2.45, 2.75) is 19.9 Å². The molecule has 0 aliphatic carbocycles. The lowest BCUT2D eigenvalue weighted by Gasteiger charge is -2.28. The number of amides is 1. The van der Waals surface area contributed by atoms with E-state index in [1.54, 1.807) is 37.3 Å². The molecule has 9 heteroatoms. The number of ether oxygens (including phenoxy) is 1. The number of halogens is 1. The highest BCUT2D eigenvalue weighted by Crippen LogP contribution is 2.25. The number of anilines is 2. The lowest BCUT2D eigenvalue weighted by Crippen LogP contribution is -2.45. The summed E-state index contributed by atoms with van der Waals surface area (Å²) >= 11 is 5.86. The number of benzene rings is 2. The van der Waals surface area contributed by atoms with Crippen molar-refractivity contribution in [1.29, 1.82) is 0 Å². The summed E-state index contributed by atoms with van der Waals surface area (Å²) in [6.07, 6.45) is 1.02. The minimum absolute atomic E-state index is 0.311. The van der Waals surface area contributed by atoms with E-state index in [9.17, 15) is 18.0 Å². The van der Waals surface area contributed by atoms with Crippen LogP contribution in [0.15, 0.2) is 42.5 Å². The van der Waals surface area contributed by atoms with Gasteiger partial charge in [-0.1, -0.05) is 17.7 Å². The van der Waals surface area contributed by atoms with Gasteiger partial charge in [0.25, 0.3) is 0 Å². The van der Waals surface area contributed by atoms with Crippen LogP contribution in [0, 0.1) is 6.92 Å². The van der Waals surface area contributed by atoms with E-state index in [0.29, 0.717) is 27.5 Å². The molecule has 0 bridgehead atoms. The van der Waals surface area contributed by atoms with E-state index in [-0.39, 0.29) is 0 Å². The van der Waals surface area contributed by atoms with Gasteiger partial charge in [0.15, 0.2) is 0 Å². The van der Waals surface area contributed by atoms with Gasteiger partial charge >= 0.3 is 5.97 Å². The average Bonchev–Trinajstić information content (AvgIpc) is 2.63. The largest absolute Gasteiger partial charge is 0.465 e. The Morgan fingerprint density at radius 2 is 1.75 bits per heavy atom. The summed E-state index contributed by atoms with van der Waals surface area (Å²) in [6.45, 7) is 3.14. The fraction of sp³-hybridized carbons (Fsp3) is 0.263. The Balaban J connectivity index is 2.34. The summed E-state index contributed by atoms with van der Waals surface area (Å²) in [5.74, 6) is -1.08. The van der Waals surface area contributed by atoms with Crippen molar-refractivity contribution in [3.63, 3.8) is 0 Å². The van der Waals surface area contributed by atoms with Gasteiger partial charge in [0.1, 0.15) is 6.04 Å². The second-order valence-electron chi connectivity index (χ2n) is 6.17. The lowest BCUT2D eigenvalue weighted by atomic mass is 10.1. The molecular formula is C19H21ClN2O5S. The maximum atomic E-state index is 12.8. The molecule has 1 amide bonds. The summed E-state index contributed by atoms with van der Waals surface area (Å²) in [7, 11) is -2.48. The quantitative estimate of drug-likeness (QED) is 0.718. The fourth-order valence-corrected chi connectivity index (χ4v) is 4.04. The third-order valence-corrected chi connectivity index (χ3v) is 5.66. The summed E-state index contributed by atoms with van der Waals surface area (Å²) in [6, 6.07) is 9.90. The van der Waals surface area contributed by atoms with Crippen LogP contribution in [0.5, 0.6) is 0 Å². The predicted molar refractivity (Wildman–Crippen MR) is 109 cm³/mol. The van der Waals surface area contributed by atoms with Crippen molar-refractivity contribution in [2.75, 3.05) is 23.0 Å². The number of carbonyl (C=O) groups is 2. The predicted octanol–water partition coefficient (Wildman–Crippen LogP) is 3.23. The lowest BCUT2D eigenvalue weighted by molar-refractivity contribution is -0.116. The molecule has 0 fully saturated rings. The molecule has 0 aliphatic heterocycles. The zero-order chi connectivity index (χ0) is 21.1. The first-order valence-corrected chi connectivity index (χ1v) is 10.5. The second-order valence-corrected chi connectivity index (χ2v) is 8.47. The standard InChI is InChI=1S/C19H21ClN2O5S/c1-12-16(19(24)27-3)6-5-7-17(12)21-18(23)13(2)22(28(4,25)26)15-10-8-14(20)9-11-15/h5-11,13H,1-4H3,(H,21,23)/t13-/m0/s1. The SMILES string of the molecule is COC(=O)c1cccc(NC(=O)[C@H](C)N(c2ccc(Cl)cc2)S(C)(=O)=O)c1C. The average molecular weight is 425 g/mol. The van der Waals surface area contributed by atoms with Crippen LogP contribution in [0.1, 0.15) is 22.8 Å². The second kappa shape index (κ2) is 8.62. The first-order chi connectivity index (χ1) is 13.1. The number of methoxy groups -OCH3 is 1. The third kappa shape index (κ3) is 4.82. The van der Waals surface area contributed by atoms with Crippen LogP contribution in [0.3, 0.4) is 0 Å². The molecule has 2 aromatic rings. The van der Waals surface area contributed by atoms with Gasteiger partial charge in [-0.15, -0.1) is 0 Å². The topological polar surface area (TPSA) is 92.8 Å². The van der Waals surface area contributed by atoms with Gasteiger partial charge in [-0.3, -0.25) is 9.10 Å². The Morgan fingerprint density at radius 1 is 1.14 bits per heavy atom. The summed E-state index contributed by atoms with van der Waals surface area (Å²) in [4.78, 5) is 24.6. The van der Waals surface area contributed by atoms with Crippen LogP contribution in [0.2, 0.25) is 5.02 Å². The van der Waals surface area contributed by atoms with E-state index in [1.165, 1.54) is 26.2 Å². The van der Waals surface area contributed by atoms with Crippen LogP contribution in [-0.4, -0.2) is 39.7 Å². The highest BCUT2D eigenvalue weighted by atomic mass is 35.5. The van der Waals surface area contributed by atoms with E-state index in [1.807, 2.05) is 0 Å². The van der Waals surface area contributed by atoms with Crippen LogP contribution in [0.25, 0.3) is 0 Å². The van der Waals surface area contributed by atoms with Gasteiger partial charge in [-0.05, 0) is 55.8 Å². The van der Waals surface area contributed by atoms with Gasteiger partial charge in [0.05, 0.1) is 24.6 Å². The van der Waals surface area contributed by atoms with Crippen molar-refractivity contribution in [2.24, 2.45) is 0 Å². The Labute approximate surface area is 169 Å². The Morgan fingerprint density at radius 3 is 2.29 bits per heavy atom. The molecule has 0 saturated heterocycles. The minimum Gasteiger partial charge on any atom is -0.465 e. The first-order valence-electron chi connectivity index (χ1n) is 8.30. The van der Waals surface area contributed by atoms with Crippen LogP contribution < -0.4 is 9.62 Å². The van der Waals surface area contributed by atoms with E-state index in [4.69, 9.17) is 16.3 Å². The monoisotopic (exact) mass is 424 g/mol. The van der Waals surface area contributed by atoms with Crippen molar-refractivity contribution in [1.82, 2.24) is 0 Å². The fourth-order valence-electron chi connectivity index (χ4n) is 2.74. The van der Waals surface area contributed by atoms with Crippen molar-refractivity contribution >= 4 is 44.9 Å². The normalized spacial score (nSPS) is 12.2. The molecule has 0 radical (unpaired) electrons. The zero-order valence-electron chi connectivity index (χ0n) is 15.9. The molecule has 150 valence electrons. The van der Waals surface area contributed by atoms with Gasteiger partial charge in [-0.2, -0.15) is 0 Å². The number of hydrogen-bond acceptors (Lipinski definition) is 5. The molecule has 1 N–H and O–H groups in total. The van der Waals surface area contributed by atoms with Crippen LogP contribution in [0.4, 0.5) is 11.4 Å². The molecule has 2 rings (SSSR count). The molecule has 2 aromatic carbocycles.